The smallest absolute Gasteiger partial charge is 0.295 e. The van der Waals surface area contributed by atoms with Gasteiger partial charge in [0.05, 0.1) is 15.9 Å². The van der Waals surface area contributed by atoms with Gasteiger partial charge >= 0.3 is 5.69 Å². The molecule has 3 rings (SSSR count). The fourth-order valence-electron chi connectivity index (χ4n) is 2.53. The maximum absolute atomic E-state index is 12.0. The van der Waals surface area contributed by atoms with Gasteiger partial charge in [-0.1, -0.05) is 62.2 Å². The maximum Gasteiger partial charge on any atom is 0.328 e. The molecule has 0 bridgehead atoms. The van der Waals surface area contributed by atoms with Gasteiger partial charge < -0.3 is 0 Å². The molecular weight excluding hydrogens is 396 g/mol. The van der Waals surface area contributed by atoms with Crippen LogP contribution in [0.4, 0.5) is 0 Å². The summed E-state index contributed by atoms with van der Waals surface area (Å²) in [4.78, 5) is 12.1. The van der Waals surface area contributed by atoms with Crippen LogP contribution in [0.3, 0.4) is 0 Å². The van der Waals surface area contributed by atoms with Gasteiger partial charge in [0.15, 0.2) is 0 Å². The lowest BCUT2D eigenvalue weighted by molar-refractivity contribution is 0.795. The van der Waals surface area contributed by atoms with Crippen molar-refractivity contribution in [2.24, 2.45) is 14.1 Å². The zero-order valence-electron chi connectivity index (χ0n) is 11.7. The number of hydrogen-bond acceptors (Lipinski definition) is 1. The predicted molar refractivity (Wildman–Crippen MR) is 93.1 cm³/mol. The van der Waals surface area contributed by atoms with E-state index in [4.69, 9.17) is 0 Å². The van der Waals surface area contributed by atoms with Crippen LogP contribution in [-0.2, 0) is 14.1 Å². The molecule has 0 aliphatic heterocycles. The average molecular weight is 410 g/mol. The molecule has 1 unspecified atom stereocenters. The lowest BCUT2D eigenvalue weighted by atomic mass is 10.0. The third-order valence-corrected chi connectivity index (χ3v) is 5.46. The Morgan fingerprint density at radius 3 is 2.19 bits per heavy atom. The van der Waals surface area contributed by atoms with Crippen LogP contribution in [-0.4, -0.2) is 9.13 Å². The molecule has 0 amide bonds. The molecule has 0 N–H and O–H groups in total. The first kappa shape index (κ1) is 14.6. The van der Waals surface area contributed by atoms with Crippen molar-refractivity contribution in [2.45, 2.75) is 4.83 Å². The zero-order valence-corrected chi connectivity index (χ0v) is 14.8. The van der Waals surface area contributed by atoms with Crippen LogP contribution in [0.15, 0.2) is 51.7 Å². The lowest BCUT2D eigenvalue weighted by Gasteiger charge is -2.13. The van der Waals surface area contributed by atoms with Gasteiger partial charge in [0.2, 0.25) is 0 Å². The lowest BCUT2D eigenvalue weighted by Crippen LogP contribution is -2.19. The summed E-state index contributed by atoms with van der Waals surface area (Å²) in [5, 5.41) is 0. The second-order valence-electron chi connectivity index (χ2n) is 5.04. The largest absolute Gasteiger partial charge is 0.328 e. The molecule has 1 heterocycles. The topological polar surface area (TPSA) is 26.9 Å². The van der Waals surface area contributed by atoms with Crippen molar-refractivity contribution in [3.8, 4) is 0 Å². The number of nitrogens with zero attached hydrogens (tertiary/aromatic N) is 2. The highest BCUT2D eigenvalue weighted by Gasteiger charge is 2.17. The van der Waals surface area contributed by atoms with Crippen molar-refractivity contribution in [3.05, 3.63) is 68.5 Å². The number of hydrogen-bond donors (Lipinski definition) is 0. The first-order valence-electron chi connectivity index (χ1n) is 6.54. The molecule has 0 aliphatic carbocycles. The molecule has 0 fully saturated rings. The summed E-state index contributed by atoms with van der Waals surface area (Å²) < 4.78 is 4.33. The molecule has 2 aromatic carbocycles. The molecular formula is C16H14Br2N2O. The van der Waals surface area contributed by atoms with E-state index in [1.807, 2.05) is 24.3 Å². The molecule has 21 heavy (non-hydrogen) atoms. The highest BCUT2D eigenvalue weighted by Crippen LogP contribution is 2.37. The van der Waals surface area contributed by atoms with Crippen molar-refractivity contribution in [3.63, 3.8) is 0 Å². The fourth-order valence-corrected chi connectivity index (χ4v) is 4.08. The Morgan fingerprint density at radius 1 is 1.00 bits per heavy atom. The summed E-state index contributed by atoms with van der Waals surface area (Å²) in [6.45, 7) is 0. The number of benzene rings is 2. The number of aryl methyl sites for hydroxylation is 2. The predicted octanol–water partition coefficient (Wildman–Crippen LogP) is 4.12. The minimum absolute atomic E-state index is 0.0140. The Kier molecular flexibility index (Phi) is 3.80. The monoisotopic (exact) mass is 408 g/mol. The highest BCUT2D eigenvalue weighted by molar-refractivity contribution is 9.11. The number of fused-ring (bicyclic) bond motifs is 1. The van der Waals surface area contributed by atoms with E-state index in [0.717, 1.165) is 21.1 Å². The highest BCUT2D eigenvalue weighted by atomic mass is 79.9. The van der Waals surface area contributed by atoms with Crippen LogP contribution in [0, 0.1) is 0 Å². The van der Waals surface area contributed by atoms with Gasteiger partial charge in [0.1, 0.15) is 0 Å². The molecule has 0 spiro atoms. The first-order valence-corrected chi connectivity index (χ1v) is 8.25. The van der Waals surface area contributed by atoms with Crippen molar-refractivity contribution in [1.29, 1.82) is 0 Å². The summed E-state index contributed by atoms with van der Waals surface area (Å²) in [5.74, 6) is 0. The van der Waals surface area contributed by atoms with E-state index >= 15 is 0 Å². The number of halogens is 2. The second-order valence-corrected chi connectivity index (χ2v) is 6.81. The third-order valence-electron chi connectivity index (χ3n) is 3.76. The second kappa shape index (κ2) is 5.46. The van der Waals surface area contributed by atoms with Crippen LogP contribution >= 0.6 is 31.9 Å². The normalized spacial score (nSPS) is 12.8. The molecule has 3 nitrogen and oxygen atoms in total. The van der Waals surface area contributed by atoms with Gasteiger partial charge in [-0.3, -0.25) is 9.13 Å². The van der Waals surface area contributed by atoms with E-state index in [-0.39, 0.29) is 10.5 Å². The van der Waals surface area contributed by atoms with Gasteiger partial charge in [-0.15, -0.1) is 0 Å². The van der Waals surface area contributed by atoms with Crippen LogP contribution in [0.5, 0.6) is 0 Å². The Balaban J connectivity index is 2.22. The molecule has 5 heteroatoms. The Labute approximate surface area is 139 Å². The van der Waals surface area contributed by atoms with Crippen LogP contribution in [0.1, 0.15) is 16.0 Å². The Hall–Kier alpha value is -1.33. The van der Waals surface area contributed by atoms with Gasteiger partial charge in [-0.25, -0.2) is 4.79 Å². The molecule has 1 aromatic heterocycles. The standard InChI is InChI=1S/C16H14Br2N2O/c1-19-13-8-11(15(18)10-6-4-3-5-7-10)12(17)9-14(13)20(2)16(19)21/h3-9,15H,1-2H3. The van der Waals surface area contributed by atoms with Crippen LogP contribution in [0.25, 0.3) is 11.0 Å². The van der Waals surface area contributed by atoms with Gasteiger partial charge in [0.25, 0.3) is 0 Å². The third kappa shape index (κ3) is 2.38. The van der Waals surface area contributed by atoms with E-state index < -0.39 is 0 Å². The SMILES string of the molecule is Cn1c(=O)n(C)c2cc(C(Br)c3ccccc3)c(Br)cc21. The first-order chi connectivity index (χ1) is 10.0. The van der Waals surface area contributed by atoms with E-state index in [1.54, 1.807) is 23.2 Å². The van der Waals surface area contributed by atoms with Gasteiger partial charge in [-0.05, 0) is 23.3 Å². The van der Waals surface area contributed by atoms with Crippen LogP contribution < -0.4 is 5.69 Å². The molecule has 1 atom stereocenters. The van der Waals surface area contributed by atoms with Gasteiger partial charge in [-0.2, -0.15) is 0 Å². The number of rotatable bonds is 2. The minimum Gasteiger partial charge on any atom is -0.295 e. The minimum atomic E-state index is -0.0140. The summed E-state index contributed by atoms with van der Waals surface area (Å²) in [7, 11) is 3.59. The number of aromatic nitrogens is 2. The van der Waals surface area contributed by atoms with E-state index in [1.165, 1.54) is 5.56 Å². The zero-order chi connectivity index (χ0) is 15.1. The Morgan fingerprint density at radius 2 is 1.57 bits per heavy atom. The summed E-state index contributed by atoms with van der Waals surface area (Å²) >= 11 is 7.39. The average Bonchev–Trinajstić information content (AvgIpc) is 2.71. The maximum atomic E-state index is 12.0. The van der Waals surface area contributed by atoms with Crippen LogP contribution in [0.2, 0.25) is 0 Å². The van der Waals surface area contributed by atoms with E-state index in [2.05, 4.69) is 50.1 Å². The molecule has 108 valence electrons. The van der Waals surface area contributed by atoms with Crippen molar-refractivity contribution < 1.29 is 0 Å². The summed E-state index contributed by atoms with van der Waals surface area (Å²) in [6, 6.07) is 14.3. The molecule has 0 radical (unpaired) electrons. The van der Waals surface area contributed by atoms with E-state index in [9.17, 15) is 4.79 Å². The number of imidazole rings is 1. The quantitative estimate of drug-likeness (QED) is 0.584. The summed E-state index contributed by atoms with van der Waals surface area (Å²) in [6.07, 6.45) is 0. The molecule has 3 aromatic rings. The summed E-state index contributed by atoms with van der Waals surface area (Å²) in [5.41, 5.74) is 4.13. The van der Waals surface area contributed by atoms with Crippen molar-refractivity contribution in [2.75, 3.05) is 0 Å². The molecule has 0 aliphatic rings. The van der Waals surface area contributed by atoms with E-state index in [0.29, 0.717) is 0 Å². The molecule has 0 saturated heterocycles. The fraction of sp³-hybridized carbons (Fsp3) is 0.188. The molecule has 0 saturated carbocycles. The number of alkyl halides is 1. The van der Waals surface area contributed by atoms with Gasteiger partial charge in [0, 0.05) is 18.6 Å². The van der Waals surface area contributed by atoms with Crippen molar-refractivity contribution >= 4 is 42.9 Å². The Bertz CT molecular complexity index is 865. The van der Waals surface area contributed by atoms with Crippen molar-refractivity contribution in [1.82, 2.24) is 9.13 Å².